The zero-order chi connectivity index (χ0) is 21.5. The summed E-state index contributed by atoms with van der Waals surface area (Å²) in [5.41, 5.74) is 4.37. The van der Waals surface area contributed by atoms with E-state index in [1.807, 2.05) is 12.1 Å². The first-order chi connectivity index (χ1) is 15.8. The fourth-order valence-electron chi connectivity index (χ4n) is 4.79. The number of nitrogens with zero attached hydrogens (tertiary/aromatic N) is 5. The number of fused-ring (bicyclic) bond motifs is 3. The maximum absolute atomic E-state index is 5.68. The third-order valence-corrected chi connectivity index (χ3v) is 6.48. The molecule has 0 unspecified atom stereocenters. The lowest BCUT2D eigenvalue weighted by atomic mass is 9.90. The van der Waals surface area contributed by atoms with Crippen molar-refractivity contribution in [3.63, 3.8) is 0 Å². The number of rotatable bonds is 4. The highest BCUT2D eigenvalue weighted by molar-refractivity contribution is 5.93. The first-order valence-electron chi connectivity index (χ1n) is 11.2. The minimum atomic E-state index is 0.692. The van der Waals surface area contributed by atoms with Crippen LogP contribution in [0.2, 0.25) is 0 Å². The van der Waals surface area contributed by atoms with Crippen molar-refractivity contribution in [3.8, 4) is 11.6 Å². The monoisotopic (exact) mass is 423 g/mol. The van der Waals surface area contributed by atoms with E-state index in [0.29, 0.717) is 17.5 Å². The van der Waals surface area contributed by atoms with Gasteiger partial charge in [0.25, 0.3) is 0 Å². The Labute approximate surface area is 186 Å². The maximum Gasteiger partial charge on any atom is 0.213 e. The zero-order valence-electron chi connectivity index (χ0n) is 18.1. The average molecular weight is 424 g/mol. The third-order valence-electron chi connectivity index (χ3n) is 6.48. The number of benzene rings is 2. The molecule has 5 aromatic rings. The molecule has 4 heterocycles. The lowest BCUT2D eigenvalue weighted by Crippen LogP contribution is -2.36. The molecule has 0 amide bonds. The highest BCUT2D eigenvalue weighted by Crippen LogP contribution is 2.31. The normalized spacial score (nSPS) is 15.1. The van der Waals surface area contributed by atoms with Crippen molar-refractivity contribution in [2.75, 3.05) is 18.0 Å². The minimum absolute atomic E-state index is 0.692. The topological polar surface area (TPSA) is 59.5 Å². The number of hydrogen-bond acceptors (Lipinski definition) is 5. The number of anilines is 1. The van der Waals surface area contributed by atoms with Crippen LogP contribution in [-0.2, 0) is 6.42 Å². The van der Waals surface area contributed by atoms with Crippen molar-refractivity contribution in [2.24, 2.45) is 5.92 Å². The lowest BCUT2D eigenvalue weighted by molar-refractivity contribution is 0.400. The van der Waals surface area contributed by atoms with E-state index in [9.17, 15) is 0 Å². The number of aromatic nitrogens is 4. The Balaban J connectivity index is 1.39. The molecule has 3 aromatic heterocycles. The molecule has 1 saturated heterocycles. The van der Waals surface area contributed by atoms with Crippen molar-refractivity contribution >= 4 is 22.5 Å². The summed E-state index contributed by atoms with van der Waals surface area (Å²) in [6.45, 7) is 4.02. The van der Waals surface area contributed by atoms with Crippen LogP contribution < -0.4 is 4.90 Å². The van der Waals surface area contributed by atoms with E-state index in [2.05, 4.69) is 75.0 Å². The van der Waals surface area contributed by atoms with Gasteiger partial charge in [0.2, 0.25) is 11.8 Å². The highest BCUT2D eigenvalue weighted by Gasteiger charge is 2.25. The summed E-state index contributed by atoms with van der Waals surface area (Å²) in [5.74, 6) is 2.98. The predicted molar refractivity (Wildman–Crippen MR) is 126 cm³/mol. The van der Waals surface area contributed by atoms with Gasteiger partial charge in [0.05, 0.1) is 11.8 Å². The predicted octanol–water partition coefficient (Wildman–Crippen LogP) is 5.31. The molecule has 6 nitrogen and oxygen atoms in total. The summed E-state index contributed by atoms with van der Waals surface area (Å²) in [4.78, 5) is 7.47. The largest absolute Gasteiger partial charge is 0.461 e. The van der Waals surface area contributed by atoms with E-state index >= 15 is 0 Å². The van der Waals surface area contributed by atoms with Crippen LogP contribution in [0.25, 0.3) is 28.1 Å². The molecule has 1 aliphatic heterocycles. The summed E-state index contributed by atoms with van der Waals surface area (Å²) in [6.07, 6.45) is 5.09. The van der Waals surface area contributed by atoms with Crippen LogP contribution in [0.1, 0.15) is 24.0 Å². The van der Waals surface area contributed by atoms with Crippen LogP contribution in [0, 0.1) is 12.8 Å². The van der Waals surface area contributed by atoms with Gasteiger partial charge in [-0.05, 0) is 61.9 Å². The molecule has 0 spiro atoms. The molecule has 160 valence electrons. The van der Waals surface area contributed by atoms with Gasteiger partial charge in [-0.1, -0.05) is 42.0 Å². The molecule has 0 N–H and O–H groups in total. The molecule has 6 heteroatoms. The molecule has 2 aromatic carbocycles. The second kappa shape index (κ2) is 7.79. The van der Waals surface area contributed by atoms with Crippen molar-refractivity contribution in [1.29, 1.82) is 0 Å². The van der Waals surface area contributed by atoms with Crippen LogP contribution in [0.5, 0.6) is 0 Å². The van der Waals surface area contributed by atoms with E-state index in [0.717, 1.165) is 54.9 Å². The molecule has 0 radical (unpaired) electrons. The van der Waals surface area contributed by atoms with Crippen LogP contribution in [0.15, 0.2) is 71.3 Å². The van der Waals surface area contributed by atoms with Crippen molar-refractivity contribution in [3.05, 3.63) is 78.1 Å². The van der Waals surface area contributed by atoms with Gasteiger partial charge in [-0.3, -0.25) is 0 Å². The van der Waals surface area contributed by atoms with Crippen LogP contribution >= 0.6 is 0 Å². The second-order valence-corrected chi connectivity index (χ2v) is 8.71. The number of aryl methyl sites for hydroxylation is 1. The molecule has 0 atom stereocenters. The number of hydrogen-bond donors (Lipinski definition) is 0. The van der Waals surface area contributed by atoms with Crippen LogP contribution in [-0.4, -0.2) is 32.7 Å². The van der Waals surface area contributed by atoms with Gasteiger partial charge >= 0.3 is 0 Å². The zero-order valence-corrected chi connectivity index (χ0v) is 18.1. The Morgan fingerprint density at radius 2 is 1.81 bits per heavy atom. The van der Waals surface area contributed by atoms with Crippen LogP contribution in [0.4, 0.5) is 5.95 Å². The summed E-state index contributed by atoms with van der Waals surface area (Å²) >= 11 is 0. The summed E-state index contributed by atoms with van der Waals surface area (Å²) in [6, 6.07) is 20.9. The Morgan fingerprint density at radius 1 is 0.969 bits per heavy atom. The van der Waals surface area contributed by atoms with Crippen molar-refractivity contribution in [1.82, 2.24) is 19.6 Å². The van der Waals surface area contributed by atoms with Gasteiger partial charge in [0.15, 0.2) is 11.4 Å². The van der Waals surface area contributed by atoms with E-state index in [-0.39, 0.29) is 0 Å². The van der Waals surface area contributed by atoms with Crippen molar-refractivity contribution in [2.45, 2.75) is 26.2 Å². The molecule has 0 aliphatic carbocycles. The Morgan fingerprint density at radius 3 is 2.59 bits per heavy atom. The fourth-order valence-corrected chi connectivity index (χ4v) is 4.79. The Hall–Kier alpha value is -3.67. The molecule has 1 aliphatic rings. The highest BCUT2D eigenvalue weighted by atomic mass is 16.3. The van der Waals surface area contributed by atoms with E-state index in [1.54, 1.807) is 6.26 Å². The van der Waals surface area contributed by atoms with Crippen molar-refractivity contribution < 1.29 is 4.42 Å². The SMILES string of the molecule is Cc1ccc2nc(N3CCC(Cc4ccccc4)CC3)n3c(-c4ccco4)nnc3c2c1. The van der Waals surface area contributed by atoms with Gasteiger partial charge in [0, 0.05) is 18.5 Å². The quantitative estimate of drug-likeness (QED) is 0.392. The fraction of sp³-hybridized carbons (Fsp3) is 0.269. The van der Waals surface area contributed by atoms with Gasteiger partial charge < -0.3 is 9.32 Å². The third kappa shape index (κ3) is 3.32. The van der Waals surface area contributed by atoms with Gasteiger partial charge in [-0.15, -0.1) is 10.2 Å². The maximum atomic E-state index is 5.68. The number of piperidine rings is 1. The Kier molecular flexibility index (Phi) is 4.63. The first-order valence-corrected chi connectivity index (χ1v) is 11.2. The molecule has 32 heavy (non-hydrogen) atoms. The second-order valence-electron chi connectivity index (χ2n) is 8.71. The van der Waals surface area contributed by atoms with E-state index in [4.69, 9.17) is 9.40 Å². The standard InChI is InChI=1S/C26H25N5O/c1-18-9-10-22-21(16-18)24-28-29-25(23-8-5-15-32-23)31(24)26(27-22)30-13-11-20(12-14-30)17-19-6-3-2-4-7-19/h2-10,15-16,20H,11-14,17H2,1H3. The lowest BCUT2D eigenvalue weighted by Gasteiger charge is -2.33. The summed E-state index contributed by atoms with van der Waals surface area (Å²) in [7, 11) is 0. The minimum Gasteiger partial charge on any atom is -0.461 e. The molecular formula is C26H25N5O. The smallest absolute Gasteiger partial charge is 0.213 e. The molecule has 0 saturated carbocycles. The van der Waals surface area contributed by atoms with Gasteiger partial charge in [-0.2, -0.15) is 0 Å². The first kappa shape index (κ1) is 19.0. The van der Waals surface area contributed by atoms with Crippen LogP contribution in [0.3, 0.4) is 0 Å². The Bertz CT molecular complexity index is 1370. The summed E-state index contributed by atoms with van der Waals surface area (Å²) in [5, 5.41) is 10.1. The number of furan rings is 1. The van der Waals surface area contributed by atoms with Gasteiger partial charge in [-0.25, -0.2) is 9.38 Å². The average Bonchev–Trinajstić information content (AvgIpc) is 3.50. The molecule has 1 fully saturated rings. The molecule has 0 bridgehead atoms. The molecule has 6 rings (SSSR count). The van der Waals surface area contributed by atoms with E-state index in [1.165, 1.54) is 11.1 Å². The van der Waals surface area contributed by atoms with Gasteiger partial charge in [0.1, 0.15) is 0 Å². The van der Waals surface area contributed by atoms with E-state index < -0.39 is 0 Å². The summed E-state index contributed by atoms with van der Waals surface area (Å²) < 4.78 is 7.75. The molecular weight excluding hydrogens is 398 g/mol.